The van der Waals surface area contributed by atoms with Crippen molar-refractivity contribution in [1.82, 2.24) is 0 Å². The van der Waals surface area contributed by atoms with E-state index in [2.05, 4.69) is 30.9 Å². The van der Waals surface area contributed by atoms with Gasteiger partial charge >= 0.3 is 0 Å². The molecule has 1 N–H and O–H groups in total. The Morgan fingerprint density at radius 2 is 2.21 bits per heavy atom. The van der Waals surface area contributed by atoms with Gasteiger partial charge in [-0.15, -0.1) is 0 Å². The number of aryl methyl sites for hydroxylation is 2. The molecule has 1 aromatic rings. The van der Waals surface area contributed by atoms with E-state index in [4.69, 9.17) is 0 Å². The third kappa shape index (κ3) is 2.77. The Labute approximate surface area is 90.1 Å². The van der Waals surface area contributed by atoms with Crippen LogP contribution < -0.4 is 5.32 Å². The average Bonchev–Trinajstić information content (AvgIpc) is 2.18. The minimum Gasteiger partial charge on any atom is -0.325 e. The molecule has 0 aliphatic rings. The van der Waals surface area contributed by atoms with Gasteiger partial charge in [-0.2, -0.15) is 12.6 Å². The molecule has 76 valence electrons. The van der Waals surface area contributed by atoms with Gasteiger partial charge < -0.3 is 5.32 Å². The lowest BCUT2D eigenvalue weighted by atomic mass is 10.1. The molecule has 0 unspecified atom stereocenters. The maximum atomic E-state index is 11.2. The Balaban J connectivity index is 2.93. The zero-order valence-electron chi connectivity index (χ0n) is 8.50. The highest BCUT2D eigenvalue weighted by Crippen LogP contribution is 2.17. The fourth-order valence-corrected chi connectivity index (χ4v) is 1.38. The molecule has 0 saturated heterocycles. The van der Waals surface area contributed by atoms with Crippen LogP contribution in [-0.4, -0.2) is 11.7 Å². The number of rotatable bonds is 3. The second-order valence-electron chi connectivity index (χ2n) is 3.22. The second-order valence-corrected chi connectivity index (χ2v) is 3.54. The van der Waals surface area contributed by atoms with Crippen LogP contribution in [0.4, 0.5) is 5.69 Å². The quantitative estimate of drug-likeness (QED) is 0.735. The first-order valence-electron chi connectivity index (χ1n) is 4.67. The first-order chi connectivity index (χ1) is 6.67. The Hall–Kier alpha value is -0.960. The maximum Gasteiger partial charge on any atom is 0.234 e. The van der Waals surface area contributed by atoms with Gasteiger partial charge in [0.25, 0.3) is 0 Å². The van der Waals surface area contributed by atoms with E-state index in [-0.39, 0.29) is 11.7 Å². The van der Waals surface area contributed by atoms with Gasteiger partial charge in [-0.05, 0) is 30.5 Å². The van der Waals surface area contributed by atoms with E-state index < -0.39 is 0 Å². The number of thiol groups is 1. The maximum absolute atomic E-state index is 11.2. The van der Waals surface area contributed by atoms with E-state index in [0.29, 0.717) is 0 Å². The number of carbonyl (C=O) groups is 1. The Morgan fingerprint density at radius 3 is 2.79 bits per heavy atom. The molecule has 2 nitrogen and oxygen atoms in total. The molecule has 1 aromatic carbocycles. The first kappa shape index (κ1) is 11.1. The number of hydrogen-bond donors (Lipinski definition) is 2. The van der Waals surface area contributed by atoms with Crippen LogP contribution in [0.1, 0.15) is 18.1 Å². The monoisotopic (exact) mass is 209 g/mol. The molecule has 0 aliphatic carbocycles. The molecule has 14 heavy (non-hydrogen) atoms. The van der Waals surface area contributed by atoms with Gasteiger partial charge in [0.05, 0.1) is 5.75 Å². The lowest BCUT2D eigenvalue weighted by Gasteiger charge is -2.09. The number of nitrogens with one attached hydrogen (secondary N) is 1. The summed E-state index contributed by atoms with van der Waals surface area (Å²) in [7, 11) is 0. The highest BCUT2D eigenvalue weighted by Gasteiger charge is 2.04. The van der Waals surface area contributed by atoms with Crippen LogP contribution in [0.5, 0.6) is 0 Å². The summed E-state index contributed by atoms with van der Waals surface area (Å²) in [5.74, 6) is 0.158. The molecule has 0 fully saturated rings. The fraction of sp³-hybridized carbons (Fsp3) is 0.364. The molecule has 0 saturated carbocycles. The van der Waals surface area contributed by atoms with Crippen molar-refractivity contribution in [3.8, 4) is 0 Å². The molecule has 0 aliphatic heterocycles. The lowest BCUT2D eigenvalue weighted by Crippen LogP contribution is -2.14. The van der Waals surface area contributed by atoms with Crippen molar-refractivity contribution in [2.24, 2.45) is 0 Å². The van der Waals surface area contributed by atoms with Gasteiger partial charge in [0.2, 0.25) is 5.91 Å². The largest absolute Gasteiger partial charge is 0.325 e. The molecule has 3 heteroatoms. The van der Waals surface area contributed by atoms with Crippen molar-refractivity contribution in [3.63, 3.8) is 0 Å². The normalized spacial score (nSPS) is 9.93. The SMILES string of the molecule is CCc1ccc(C)cc1NC(=O)CS. The topological polar surface area (TPSA) is 29.1 Å². The molecule has 0 spiro atoms. The van der Waals surface area contributed by atoms with Gasteiger partial charge in [0.15, 0.2) is 0 Å². The molecule has 0 heterocycles. The van der Waals surface area contributed by atoms with Gasteiger partial charge in [0.1, 0.15) is 0 Å². The summed E-state index contributed by atoms with van der Waals surface area (Å²) in [6.07, 6.45) is 0.919. The number of anilines is 1. The predicted octanol–water partition coefficient (Wildman–Crippen LogP) is 2.43. The van der Waals surface area contributed by atoms with E-state index in [1.165, 1.54) is 0 Å². The third-order valence-electron chi connectivity index (χ3n) is 2.06. The Morgan fingerprint density at radius 1 is 1.50 bits per heavy atom. The lowest BCUT2D eigenvalue weighted by molar-refractivity contribution is -0.113. The standard InChI is InChI=1S/C11H15NOS/c1-3-9-5-4-8(2)6-10(9)12-11(13)7-14/h4-6,14H,3,7H2,1-2H3,(H,12,13). The van der Waals surface area contributed by atoms with Crippen LogP contribution in [0.15, 0.2) is 18.2 Å². The smallest absolute Gasteiger partial charge is 0.234 e. The molecule has 0 bridgehead atoms. The molecule has 0 atom stereocenters. The number of benzene rings is 1. The molecule has 0 radical (unpaired) electrons. The van der Waals surface area contributed by atoms with Crippen molar-refractivity contribution in [2.75, 3.05) is 11.1 Å². The van der Waals surface area contributed by atoms with E-state index in [1.54, 1.807) is 0 Å². The number of amides is 1. The number of carbonyl (C=O) groups excluding carboxylic acids is 1. The van der Waals surface area contributed by atoms with E-state index >= 15 is 0 Å². The summed E-state index contributed by atoms with van der Waals surface area (Å²) >= 11 is 3.92. The van der Waals surface area contributed by atoms with Crippen LogP contribution in [0.25, 0.3) is 0 Å². The van der Waals surface area contributed by atoms with Crippen molar-refractivity contribution >= 4 is 24.2 Å². The van der Waals surface area contributed by atoms with Crippen LogP contribution in [0.3, 0.4) is 0 Å². The fourth-order valence-electron chi connectivity index (χ4n) is 1.30. The molecule has 0 aromatic heterocycles. The minimum atomic E-state index is -0.0615. The zero-order valence-corrected chi connectivity index (χ0v) is 9.40. The van der Waals surface area contributed by atoms with Gasteiger partial charge in [-0.1, -0.05) is 19.1 Å². The van der Waals surface area contributed by atoms with E-state index in [1.807, 2.05) is 19.1 Å². The zero-order chi connectivity index (χ0) is 10.6. The second kappa shape index (κ2) is 5.05. The summed E-state index contributed by atoms with van der Waals surface area (Å²) in [5, 5.41) is 2.84. The summed E-state index contributed by atoms with van der Waals surface area (Å²) in [5.41, 5.74) is 3.22. The molecule has 1 amide bonds. The highest BCUT2D eigenvalue weighted by molar-refractivity contribution is 7.81. The summed E-state index contributed by atoms with van der Waals surface area (Å²) in [4.78, 5) is 11.2. The molecule has 1 rings (SSSR count). The van der Waals surface area contributed by atoms with Crippen molar-refractivity contribution in [2.45, 2.75) is 20.3 Å². The minimum absolute atomic E-state index is 0.0615. The number of hydrogen-bond acceptors (Lipinski definition) is 2. The molecular formula is C11H15NOS. The van der Waals surface area contributed by atoms with Crippen molar-refractivity contribution in [3.05, 3.63) is 29.3 Å². The first-order valence-corrected chi connectivity index (χ1v) is 5.31. The Kier molecular flexibility index (Phi) is 4.01. The van der Waals surface area contributed by atoms with E-state index in [9.17, 15) is 4.79 Å². The highest BCUT2D eigenvalue weighted by atomic mass is 32.1. The third-order valence-corrected chi connectivity index (χ3v) is 2.35. The summed E-state index contributed by atoms with van der Waals surface area (Å²) in [6.45, 7) is 4.08. The Bertz CT molecular complexity index is 336. The van der Waals surface area contributed by atoms with Crippen LogP contribution >= 0.6 is 12.6 Å². The van der Waals surface area contributed by atoms with Crippen molar-refractivity contribution in [1.29, 1.82) is 0 Å². The summed E-state index contributed by atoms with van der Waals surface area (Å²) in [6, 6.07) is 6.08. The average molecular weight is 209 g/mol. The van der Waals surface area contributed by atoms with Gasteiger partial charge in [-0.3, -0.25) is 4.79 Å². The van der Waals surface area contributed by atoms with Crippen LogP contribution in [0.2, 0.25) is 0 Å². The van der Waals surface area contributed by atoms with Gasteiger partial charge in [-0.25, -0.2) is 0 Å². The summed E-state index contributed by atoms with van der Waals surface area (Å²) < 4.78 is 0. The molecular weight excluding hydrogens is 194 g/mol. The van der Waals surface area contributed by atoms with Gasteiger partial charge in [0, 0.05) is 5.69 Å². The van der Waals surface area contributed by atoms with E-state index in [0.717, 1.165) is 23.2 Å². The van der Waals surface area contributed by atoms with Crippen LogP contribution in [0, 0.1) is 6.92 Å². The van der Waals surface area contributed by atoms with Crippen molar-refractivity contribution < 1.29 is 4.79 Å². The van der Waals surface area contributed by atoms with Crippen LogP contribution in [-0.2, 0) is 11.2 Å². The predicted molar refractivity (Wildman–Crippen MR) is 63.0 cm³/mol.